The zero-order chi connectivity index (χ0) is 13.0. The second-order valence-corrected chi connectivity index (χ2v) is 5.23. The molecule has 0 spiro atoms. The number of H-pyrrole nitrogens is 1. The second kappa shape index (κ2) is 5.94. The van der Waals surface area contributed by atoms with E-state index >= 15 is 0 Å². The van der Waals surface area contributed by atoms with Gasteiger partial charge in [0.05, 0.1) is 0 Å². The van der Waals surface area contributed by atoms with Crippen molar-refractivity contribution in [3.63, 3.8) is 0 Å². The van der Waals surface area contributed by atoms with E-state index in [0.29, 0.717) is 12.6 Å². The van der Waals surface area contributed by atoms with E-state index in [2.05, 4.69) is 35.5 Å². The van der Waals surface area contributed by atoms with E-state index in [1.54, 1.807) is 0 Å². The molecule has 1 aliphatic rings. The Hall–Kier alpha value is -1.45. The van der Waals surface area contributed by atoms with Gasteiger partial charge in [0.2, 0.25) is 0 Å². The number of amides is 2. The average Bonchev–Trinajstić information content (AvgIpc) is 2.89. The van der Waals surface area contributed by atoms with Crippen LogP contribution in [0, 0.1) is 13.8 Å². The fraction of sp³-hybridized carbons (Fsp3) is 0.643. The first-order chi connectivity index (χ1) is 8.65. The van der Waals surface area contributed by atoms with Gasteiger partial charge in [-0.2, -0.15) is 0 Å². The molecule has 0 aliphatic heterocycles. The molecule has 0 bridgehead atoms. The number of aromatic amines is 1. The quantitative estimate of drug-likeness (QED) is 0.754. The number of rotatable bonds is 4. The molecule has 1 fully saturated rings. The molecule has 0 radical (unpaired) electrons. The Morgan fingerprint density at radius 1 is 1.39 bits per heavy atom. The number of carbonyl (C=O) groups is 1. The van der Waals surface area contributed by atoms with Gasteiger partial charge >= 0.3 is 6.03 Å². The third kappa shape index (κ3) is 3.52. The van der Waals surface area contributed by atoms with Crippen LogP contribution in [0.4, 0.5) is 4.79 Å². The SMILES string of the molecule is Cc1cc(CCNC(=O)NC2CCCC2)c(C)[nH]1. The molecule has 4 nitrogen and oxygen atoms in total. The van der Waals surface area contributed by atoms with Crippen molar-refractivity contribution in [2.45, 2.75) is 52.0 Å². The number of aromatic nitrogens is 1. The van der Waals surface area contributed by atoms with Gasteiger partial charge in [-0.3, -0.25) is 0 Å². The number of carbonyl (C=O) groups excluding carboxylic acids is 1. The second-order valence-electron chi connectivity index (χ2n) is 5.23. The van der Waals surface area contributed by atoms with E-state index in [4.69, 9.17) is 0 Å². The molecular formula is C14H23N3O. The van der Waals surface area contributed by atoms with Crippen LogP contribution in [0.5, 0.6) is 0 Å². The molecule has 3 N–H and O–H groups in total. The van der Waals surface area contributed by atoms with E-state index in [-0.39, 0.29) is 6.03 Å². The van der Waals surface area contributed by atoms with Gasteiger partial charge in [-0.25, -0.2) is 4.79 Å². The van der Waals surface area contributed by atoms with E-state index < -0.39 is 0 Å². The molecule has 0 atom stereocenters. The maximum Gasteiger partial charge on any atom is 0.315 e. The summed E-state index contributed by atoms with van der Waals surface area (Å²) in [6.07, 6.45) is 5.63. The van der Waals surface area contributed by atoms with E-state index in [1.807, 2.05) is 0 Å². The van der Waals surface area contributed by atoms with Crippen molar-refractivity contribution in [1.29, 1.82) is 0 Å². The molecule has 100 valence electrons. The maximum atomic E-state index is 11.6. The summed E-state index contributed by atoms with van der Waals surface area (Å²) in [6, 6.07) is 2.51. The van der Waals surface area contributed by atoms with Crippen LogP contribution < -0.4 is 10.6 Å². The zero-order valence-corrected chi connectivity index (χ0v) is 11.3. The Labute approximate surface area is 109 Å². The smallest absolute Gasteiger partial charge is 0.315 e. The molecule has 1 aromatic heterocycles. The summed E-state index contributed by atoms with van der Waals surface area (Å²) in [5.74, 6) is 0. The van der Waals surface area contributed by atoms with Gasteiger partial charge in [0.25, 0.3) is 0 Å². The van der Waals surface area contributed by atoms with Gasteiger partial charge in [0.1, 0.15) is 0 Å². The highest BCUT2D eigenvalue weighted by Gasteiger charge is 2.16. The highest BCUT2D eigenvalue weighted by atomic mass is 16.2. The molecule has 0 aromatic carbocycles. The predicted octanol–water partition coefficient (Wildman–Crippen LogP) is 2.42. The first-order valence-electron chi connectivity index (χ1n) is 6.84. The third-order valence-electron chi connectivity index (χ3n) is 3.63. The lowest BCUT2D eigenvalue weighted by Gasteiger charge is -2.12. The first-order valence-corrected chi connectivity index (χ1v) is 6.84. The molecule has 1 heterocycles. The van der Waals surface area contributed by atoms with Gasteiger partial charge in [0, 0.05) is 24.0 Å². The number of nitrogens with one attached hydrogen (secondary N) is 3. The van der Waals surface area contributed by atoms with Crippen molar-refractivity contribution < 1.29 is 4.79 Å². The molecule has 1 aliphatic carbocycles. The number of aryl methyl sites for hydroxylation is 2. The summed E-state index contributed by atoms with van der Waals surface area (Å²) in [4.78, 5) is 14.9. The lowest BCUT2D eigenvalue weighted by molar-refractivity contribution is 0.237. The standard InChI is InChI=1S/C14H23N3O/c1-10-9-12(11(2)16-10)7-8-15-14(18)17-13-5-3-4-6-13/h9,13,16H,3-8H2,1-2H3,(H2,15,17,18). The van der Waals surface area contributed by atoms with Crippen LogP contribution in [-0.2, 0) is 6.42 Å². The molecule has 18 heavy (non-hydrogen) atoms. The molecule has 4 heteroatoms. The largest absolute Gasteiger partial charge is 0.362 e. The third-order valence-corrected chi connectivity index (χ3v) is 3.63. The van der Waals surface area contributed by atoms with Crippen molar-refractivity contribution in [1.82, 2.24) is 15.6 Å². The van der Waals surface area contributed by atoms with Crippen LogP contribution in [0.15, 0.2) is 6.07 Å². The Morgan fingerprint density at radius 3 is 2.72 bits per heavy atom. The number of urea groups is 1. The zero-order valence-electron chi connectivity index (χ0n) is 11.3. The van der Waals surface area contributed by atoms with Crippen LogP contribution in [-0.4, -0.2) is 23.6 Å². The van der Waals surface area contributed by atoms with Crippen molar-refractivity contribution in [3.05, 3.63) is 23.0 Å². The number of hydrogen-bond acceptors (Lipinski definition) is 1. The Bertz CT molecular complexity index is 405. The van der Waals surface area contributed by atoms with Crippen molar-refractivity contribution in [2.75, 3.05) is 6.54 Å². The minimum Gasteiger partial charge on any atom is -0.362 e. The van der Waals surface area contributed by atoms with Gasteiger partial charge in [-0.05, 0) is 44.7 Å². The summed E-state index contributed by atoms with van der Waals surface area (Å²) < 4.78 is 0. The lowest BCUT2D eigenvalue weighted by Crippen LogP contribution is -2.41. The fourth-order valence-corrected chi connectivity index (χ4v) is 2.66. The van der Waals surface area contributed by atoms with E-state index in [9.17, 15) is 4.79 Å². The van der Waals surface area contributed by atoms with Crippen LogP contribution in [0.1, 0.15) is 42.6 Å². The first kappa shape index (κ1) is 13.0. The Morgan fingerprint density at radius 2 is 2.11 bits per heavy atom. The van der Waals surface area contributed by atoms with Crippen LogP contribution >= 0.6 is 0 Å². The summed E-state index contributed by atoms with van der Waals surface area (Å²) in [7, 11) is 0. The highest BCUT2D eigenvalue weighted by molar-refractivity contribution is 5.74. The van der Waals surface area contributed by atoms with Crippen LogP contribution in [0.2, 0.25) is 0 Å². The summed E-state index contributed by atoms with van der Waals surface area (Å²) in [5.41, 5.74) is 3.66. The molecule has 2 amide bonds. The lowest BCUT2D eigenvalue weighted by atomic mass is 10.2. The monoisotopic (exact) mass is 249 g/mol. The van der Waals surface area contributed by atoms with E-state index in [0.717, 1.165) is 19.3 Å². The number of hydrogen-bond donors (Lipinski definition) is 3. The molecule has 0 saturated heterocycles. The minimum absolute atomic E-state index is 0.0215. The maximum absolute atomic E-state index is 11.6. The average molecular weight is 249 g/mol. The van der Waals surface area contributed by atoms with Gasteiger partial charge in [-0.15, -0.1) is 0 Å². The van der Waals surface area contributed by atoms with Gasteiger partial charge in [0.15, 0.2) is 0 Å². The molecule has 0 unspecified atom stereocenters. The van der Waals surface area contributed by atoms with Gasteiger partial charge < -0.3 is 15.6 Å². The predicted molar refractivity (Wildman–Crippen MR) is 72.8 cm³/mol. The Balaban J connectivity index is 1.68. The van der Waals surface area contributed by atoms with Crippen molar-refractivity contribution >= 4 is 6.03 Å². The van der Waals surface area contributed by atoms with Gasteiger partial charge in [-0.1, -0.05) is 12.8 Å². The molecule has 1 saturated carbocycles. The summed E-state index contributed by atoms with van der Waals surface area (Å²) >= 11 is 0. The van der Waals surface area contributed by atoms with Crippen LogP contribution in [0.3, 0.4) is 0 Å². The summed E-state index contributed by atoms with van der Waals surface area (Å²) in [6.45, 7) is 4.81. The summed E-state index contributed by atoms with van der Waals surface area (Å²) in [5, 5.41) is 5.96. The van der Waals surface area contributed by atoms with E-state index in [1.165, 1.54) is 29.8 Å². The minimum atomic E-state index is -0.0215. The highest BCUT2D eigenvalue weighted by Crippen LogP contribution is 2.17. The fourth-order valence-electron chi connectivity index (χ4n) is 2.66. The van der Waals surface area contributed by atoms with Crippen molar-refractivity contribution in [3.8, 4) is 0 Å². The topological polar surface area (TPSA) is 56.9 Å². The Kier molecular flexibility index (Phi) is 4.28. The van der Waals surface area contributed by atoms with Crippen LogP contribution in [0.25, 0.3) is 0 Å². The molecule has 2 rings (SSSR count). The van der Waals surface area contributed by atoms with Crippen molar-refractivity contribution in [2.24, 2.45) is 0 Å². The molecular weight excluding hydrogens is 226 g/mol. The normalized spacial score (nSPS) is 15.9. The molecule has 1 aromatic rings.